The third-order valence-electron chi connectivity index (χ3n) is 3.09. The van der Waals surface area contributed by atoms with Crippen molar-refractivity contribution in [2.45, 2.75) is 19.9 Å². The number of likely N-dealkylation sites (N-methyl/N-ethyl adjacent to an activating group) is 1. The number of rotatable bonds is 5. The fourth-order valence-corrected chi connectivity index (χ4v) is 1.63. The molecule has 0 fully saturated rings. The van der Waals surface area contributed by atoms with Crippen LogP contribution in [-0.4, -0.2) is 40.5 Å². The van der Waals surface area contributed by atoms with Gasteiger partial charge in [0.1, 0.15) is 0 Å². The minimum Gasteiger partial charge on any atom is -0.349 e. The molecule has 20 heavy (non-hydrogen) atoms. The summed E-state index contributed by atoms with van der Waals surface area (Å²) in [5.74, 6) is -0.217. The molecule has 6 nitrogen and oxygen atoms in total. The van der Waals surface area contributed by atoms with Crippen molar-refractivity contribution in [2.24, 2.45) is 0 Å². The Bertz CT molecular complexity index is 576. The van der Waals surface area contributed by atoms with Crippen LogP contribution in [0.3, 0.4) is 0 Å². The number of carbonyl (C=O) groups excluding carboxylic acids is 1. The first-order valence-corrected chi connectivity index (χ1v) is 6.55. The predicted octanol–water partition coefficient (Wildman–Crippen LogP) is 0.913. The summed E-state index contributed by atoms with van der Waals surface area (Å²) < 4.78 is 1.59. The molecule has 0 spiro atoms. The van der Waals surface area contributed by atoms with Crippen LogP contribution in [0.4, 0.5) is 0 Å². The third kappa shape index (κ3) is 3.42. The Balaban J connectivity index is 2.05. The van der Waals surface area contributed by atoms with E-state index < -0.39 is 0 Å². The first-order valence-electron chi connectivity index (χ1n) is 6.55. The number of nitrogens with zero attached hydrogens (tertiary/aromatic N) is 3. The second-order valence-electron chi connectivity index (χ2n) is 4.78. The molecule has 2 N–H and O–H groups in total. The van der Waals surface area contributed by atoms with E-state index in [-0.39, 0.29) is 11.9 Å². The molecular weight excluding hydrogens is 254 g/mol. The maximum atomic E-state index is 11.9. The van der Waals surface area contributed by atoms with Crippen LogP contribution in [0, 0.1) is 6.92 Å². The van der Waals surface area contributed by atoms with E-state index in [1.807, 2.05) is 45.2 Å². The number of benzene rings is 1. The number of aryl methyl sites for hydroxylation is 1. The van der Waals surface area contributed by atoms with Gasteiger partial charge in [-0.05, 0) is 33.0 Å². The summed E-state index contributed by atoms with van der Waals surface area (Å²) >= 11 is 0. The molecule has 0 saturated heterocycles. The Hall–Kier alpha value is -2.21. The number of nitrogens with one attached hydrogen (secondary N) is 2. The Morgan fingerprint density at radius 2 is 2.05 bits per heavy atom. The molecule has 0 aliphatic rings. The fraction of sp³-hybridized carbons (Fsp3) is 0.357. The lowest BCUT2D eigenvalue weighted by atomic mass is 10.2. The van der Waals surface area contributed by atoms with E-state index in [1.54, 1.807) is 10.9 Å². The van der Waals surface area contributed by atoms with Crippen LogP contribution in [0.25, 0.3) is 5.69 Å². The maximum absolute atomic E-state index is 11.9. The lowest BCUT2D eigenvalue weighted by molar-refractivity contribution is 0.0945. The van der Waals surface area contributed by atoms with Gasteiger partial charge in [-0.25, -0.2) is 4.68 Å². The van der Waals surface area contributed by atoms with E-state index in [1.165, 1.54) is 5.56 Å². The summed E-state index contributed by atoms with van der Waals surface area (Å²) in [6, 6.07) is 8.08. The van der Waals surface area contributed by atoms with E-state index in [0.29, 0.717) is 12.2 Å². The highest BCUT2D eigenvalue weighted by Gasteiger charge is 2.11. The Morgan fingerprint density at radius 3 is 2.70 bits per heavy atom. The monoisotopic (exact) mass is 273 g/mol. The van der Waals surface area contributed by atoms with Crippen molar-refractivity contribution in [2.75, 3.05) is 13.6 Å². The zero-order valence-electron chi connectivity index (χ0n) is 11.9. The molecule has 0 saturated carbocycles. The number of amides is 1. The fourth-order valence-electron chi connectivity index (χ4n) is 1.63. The molecule has 1 aromatic heterocycles. The van der Waals surface area contributed by atoms with Crippen molar-refractivity contribution >= 4 is 5.91 Å². The average Bonchev–Trinajstić information content (AvgIpc) is 2.95. The van der Waals surface area contributed by atoms with Gasteiger partial charge in [-0.1, -0.05) is 22.9 Å². The van der Waals surface area contributed by atoms with Crippen molar-refractivity contribution in [1.82, 2.24) is 25.6 Å². The van der Waals surface area contributed by atoms with Crippen molar-refractivity contribution < 1.29 is 4.79 Å². The van der Waals surface area contributed by atoms with Gasteiger partial charge in [0, 0.05) is 12.6 Å². The second kappa shape index (κ2) is 6.29. The van der Waals surface area contributed by atoms with Gasteiger partial charge in [0.05, 0.1) is 11.9 Å². The van der Waals surface area contributed by atoms with Crippen LogP contribution in [0.15, 0.2) is 30.5 Å². The first-order chi connectivity index (χ1) is 9.60. The highest BCUT2D eigenvalue weighted by atomic mass is 16.2. The molecule has 1 aromatic carbocycles. The van der Waals surface area contributed by atoms with Crippen molar-refractivity contribution in [1.29, 1.82) is 0 Å². The van der Waals surface area contributed by atoms with E-state index in [9.17, 15) is 4.79 Å². The lowest BCUT2D eigenvalue weighted by Gasteiger charge is -2.09. The van der Waals surface area contributed by atoms with Gasteiger partial charge in [-0.15, -0.1) is 5.10 Å². The smallest absolute Gasteiger partial charge is 0.273 e. The van der Waals surface area contributed by atoms with Gasteiger partial charge >= 0.3 is 0 Å². The number of hydrogen-bond acceptors (Lipinski definition) is 4. The molecule has 1 heterocycles. The number of hydrogen-bond donors (Lipinski definition) is 2. The quantitative estimate of drug-likeness (QED) is 0.849. The van der Waals surface area contributed by atoms with Crippen LogP contribution in [-0.2, 0) is 0 Å². The molecule has 1 unspecified atom stereocenters. The molecule has 0 radical (unpaired) electrons. The minimum atomic E-state index is -0.217. The largest absolute Gasteiger partial charge is 0.349 e. The van der Waals surface area contributed by atoms with Gasteiger partial charge in [0.15, 0.2) is 5.69 Å². The Morgan fingerprint density at radius 1 is 1.35 bits per heavy atom. The molecule has 0 aliphatic carbocycles. The first kappa shape index (κ1) is 14.2. The molecule has 2 rings (SSSR count). The standard InChI is InChI=1S/C14H19N5O/c1-10-4-6-12(7-5-10)19-9-13(17-18-19)14(20)16-8-11(2)15-3/h4-7,9,11,15H,8H2,1-3H3,(H,16,20). The number of carbonyl (C=O) groups is 1. The molecule has 1 amide bonds. The summed E-state index contributed by atoms with van der Waals surface area (Å²) in [6.45, 7) is 4.56. The van der Waals surface area contributed by atoms with Crippen LogP contribution < -0.4 is 10.6 Å². The Labute approximate surface area is 118 Å². The lowest BCUT2D eigenvalue weighted by Crippen LogP contribution is -2.37. The highest BCUT2D eigenvalue weighted by molar-refractivity contribution is 5.91. The van der Waals surface area contributed by atoms with Crippen molar-refractivity contribution in [3.63, 3.8) is 0 Å². The summed E-state index contributed by atoms with van der Waals surface area (Å²) in [4.78, 5) is 11.9. The number of aromatic nitrogens is 3. The zero-order chi connectivity index (χ0) is 14.5. The minimum absolute atomic E-state index is 0.214. The van der Waals surface area contributed by atoms with E-state index in [4.69, 9.17) is 0 Å². The predicted molar refractivity (Wildman–Crippen MR) is 77.0 cm³/mol. The van der Waals surface area contributed by atoms with Crippen LogP contribution in [0.1, 0.15) is 23.0 Å². The zero-order valence-corrected chi connectivity index (χ0v) is 11.9. The Kier molecular flexibility index (Phi) is 4.47. The summed E-state index contributed by atoms with van der Waals surface area (Å²) in [5.41, 5.74) is 2.37. The second-order valence-corrected chi connectivity index (χ2v) is 4.78. The third-order valence-corrected chi connectivity index (χ3v) is 3.09. The van der Waals surface area contributed by atoms with E-state index in [0.717, 1.165) is 5.69 Å². The molecule has 106 valence electrons. The maximum Gasteiger partial charge on any atom is 0.273 e. The van der Waals surface area contributed by atoms with Crippen LogP contribution >= 0.6 is 0 Å². The van der Waals surface area contributed by atoms with Gasteiger partial charge < -0.3 is 10.6 Å². The normalized spacial score (nSPS) is 12.2. The SMILES string of the molecule is CNC(C)CNC(=O)c1cn(-c2ccc(C)cc2)nn1. The van der Waals surface area contributed by atoms with Crippen molar-refractivity contribution in [3.05, 3.63) is 41.7 Å². The average molecular weight is 273 g/mol. The van der Waals surface area contributed by atoms with Gasteiger partial charge in [0.2, 0.25) is 0 Å². The molecule has 6 heteroatoms. The van der Waals surface area contributed by atoms with Crippen molar-refractivity contribution in [3.8, 4) is 5.69 Å². The summed E-state index contributed by atoms with van der Waals surface area (Å²) in [6.07, 6.45) is 1.63. The van der Waals surface area contributed by atoms with E-state index in [2.05, 4.69) is 20.9 Å². The van der Waals surface area contributed by atoms with E-state index >= 15 is 0 Å². The molecule has 0 aliphatic heterocycles. The van der Waals surface area contributed by atoms with Crippen LogP contribution in [0.2, 0.25) is 0 Å². The van der Waals surface area contributed by atoms with Gasteiger partial charge in [-0.2, -0.15) is 0 Å². The molecule has 1 atom stereocenters. The van der Waals surface area contributed by atoms with Gasteiger partial charge in [0.25, 0.3) is 5.91 Å². The molecular formula is C14H19N5O. The summed E-state index contributed by atoms with van der Waals surface area (Å²) in [7, 11) is 1.85. The highest BCUT2D eigenvalue weighted by Crippen LogP contribution is 2.08. The molecule has 2 aromatic rings. The molecule has 0 bridgehead atoms. The van der Waals surface area contributed by atoms with Gasteiger partial charge in [-0.3, -0.25) is 4.79 Å². The summed E-state index contributed by atoms with van der Waals surface area (Å²) in [5, 5.41) is 13.7. The topological polar surface area (TPSA) is 71.8 Å². The van der Waals surface area contributed by atoms with Crippen LogP contribution in [0.5, 0.6) is 0 Å².